The Hall–Kier alpha value is -3.40. The molecule has 2 N–H and O–H groups in total. The Kier molecular flexibility index (Phi) is 8.84. The molecule has 0 aromatic heterocycles. The van der Waals surface area contributed by atoms with Crippen LogP contribution in [0.1, 0.15) is 73.6 Å². The van der Waals surface area contributed by atoms with E-state index >= 15 is 0 Å². The van der Waals surface area contributed by atoms with Gasteiger partial charge in [0.2, 0.25) is 11.8 Å². The number of hydrogen-bond donors (Lipinski definition) is 2. The normalized spacial score (nSPS) is 26.9. The van der Waals surface area contributed by atoms with Crippen LogP contribution in [0.5, 0.6) is 0 Å². The smallest absolute Gasteiger partial charge is 0.240 e. The van der Waals surface area contributed by atoms with E-state index in [4.69, 9.17) is 14.2 Å². The van der Waals surface area contributed by atoms with Crippen molar-refractivity contribution in [3.8, 4) is 0 Å². The maximum absolute atomic E-state index is 11.4. The number of nitrogens with zero attached hydrogens (tertiary/aromatic N) is 2. The van der Waals surface area contributed by atoms with Crippen LogP contribution in [-0.2, 0) is 36.6 Å². The average molecular weight is 559 g/mol. The van der Waals surface area contributed by atoms with Gasteiger partial charge in [0.05, 0.1) is 11.4 Å². The predicted molar refractivity (Wildman–Crippen MR) is 154 cm³/mol. The lowest BCUT2D eigenvalue weighted by Gasteiger charge is -2.38. The van der Waals surface area contributed by atoms with Crippen LogP contribution in [0.2, 0.25) is 0 Å². The molecule has 6 rings (SSSR count). The Labute approximate surface area is 240 Å². The number of nitrogens with one attached hydrogen (secondary N) is 2. The molecular formula is C32H38N4O5. The fourth-order valence-corrected chi connectivity index (χ4v) is 6.10. The number of benzene rings is 2. The summed E-state index contributed by atoms with van der Waals surface area (Å²) in [5.41, 5.74) is 11.6. The van der Waals surface area contributed by atoms with Crippen LogP contribution in [0.25, 0.3) is 0 Å². The lowest BCUT2D eigenvalue weighted by atomic mass is 9.90. The predicted octanol–water partition coefficient (Wildman–Crippen LogP) is 4.22. The third-order valence-electron chi connectivity index (χ3n) is 8.42. The Morgan fingerprint density at radius 3 is 1.49 bits per heavy atom. The van der Waals surface area contributed by atoms with Crippen LogP contribution < -0.4 is 10.9 Å². The quantitative estimate of drug-likeness (QED) is 0.504. The largest absolute Gasteiger partial charge is 0.352 e. The molecule has 9 nitrogen and oxygen atoms in total. The van der Waals surface area contributed by atoms with Crippen molar-refractivity contribution in [3.63, 3.8) is 0 Å². The third-order valence-corrected chi connectivity index (χ3v) is 8.42. The Morgan fingerprint density at radius 1 is 0.659 bits per heavy atom. The summed E-state index contributed by atoms with van der Waals surface area (Å²) in [7, 11) is 0. The van der Waals surface area contributed by atoms with E-state index in [0.717, 1.165) is 61.1 Å². The lowest BCUT2D eigenvalue weighted by Crippen LogP contribution is -2.42. The Bertz CT molecular complexity index is 1190. The van der Waals surface area contributed by atoms with E-state index in [9.17, 15) is 9.59 Å². The minimum absolute atomic E-state index is 0.0293. The lowest BCUT2D eigenvalue weighted by molar-refractivity contribution is -0.296. The van der Waals surface area contributed by atoms with E-state index in [1.807, 2.05) is 0 Å². The molecule has 216 valence electrons. The number of ether oxygens (including phenoxy) is 3. The van der Waals surface area contributed by atoms with Gasteiger partial charge in [0.15, 0.2) is 12.6 Å². The zero-order valence-corrected chi connectivity index (χ0v) is 23.3. The third kappa shape index (κ3) is 7.09. The van der Waals surface area contributed by atoms with Crippen LogP contribution >= 0.6 is 0 Å². The van der Waals surface area contributed by atoms with E-state index in [1.165, 1.54) is 11.1 Å². The van der Waals surface area contributed by atoms with Crippen LogP contribution in [0.4, 0.5) is 0 Å². The van der Waals surface area contributed by atoms with E-state index in [0.29, 0.717) is 38.9 Å². The minimum atomic E-state index is -0.297. The van der Waals surface area contributed by atoms with Crippen LogP contribution in [0.15, 0.2) is 58.7 Å². The average Bonchev–Trinajstić information content (AvgIpc) is 3.01. The first-order valence-electron chi connectivity index (χ1n) is 14.9. The van der Waals surface area contributed by atoms with Gasteiger partial charge in [-0.1, -0.05) is 48.5 Å². The molecule has 4 unspecified atom stereocenters. The molecule has 2 fully saturated rings. The molecule has 0 radical (unpaired) electrons. The van der Waals surface area contributed by atoms with Crippen molar-refractivity contribution >= 4 is 23.2 Å². The molecule has 0 bridgehead atoms. The van der Waals surface area contributed by atoms with Gasteiger partial charge in [0.1, 0.15) is 0 Å². The van der Waals surface area contributed by atoms with Gasteiger partial charge in [-0.15, -0.1) is 0 Å². The van der Waals surface area contributed by atoms with Gasteiger partial charge in [-0.2, -0.15) is 10.2 Å². The van der Waals surface area contributed by atoms with Crippen LogP contribution in [0, 0.1) is 11.8 Å². The second-order valence-corrected chi connectivity index (χ2v) is 11.4. The van der Waals surface area contributed by atoms with Crippen molar-refractivity contribution in [2.75, 3.05) is 13.2 Å². The fourth-order valence-electron chi connectivity index (χ4n) is 6.10. The van der Waals surface area contributed by atoms with Gasteiger partial charge in [-0.3, -0.25) is 9.59 Å². The maximum Gasteiger partial charge on any atom is 0.240 e. The summed E-state index contributed by atoms with van der Waals surface area (Å²) in [5.74, 6) is 0.447. The van der Waals surface area contributed by atoms with Crippen LogP contribution in [-0.4, -0.2) is 49.0 Å². The highest BCUT2D eigenvalue weighted by atomic mass is 16.8. The number of hydrazone groups is 2. The monoisotopic (exact) mass is 558 g/mol. The molecule has 2 amide bonds. The Morgan fingerprint density at radius 2 is 1.10 bits per heavy atom. The number of carbonyl (C=O) groups is 2. The fraction of sp³-hybridized carbons (Fsp3) is 0.500. The molecule has 2 saturated heterocycles. The van der Waals surface area contributed by atoms with E-state index < -0.39 is 0 Å². The molecule has 9 heteroatoms. The summed E-state index contributed by atoms with van der Waals surface area (Å²) in [6, 6.07) is 17.0. The van der Waals surface area contributed by atoms with Gasteiger partial charge in [-0.05, 0) is 60.8 Å². The summed E-state index contributed by atoms with van der Waals surface area (Å²) >= 11 is 0. The van der Waals surface area contributed by atoms with Crippen molar-refractivity contribution in [3.05, 3.63) is 70.8 Å². The van der Waals surface area contributed by atoms with Gasteiger partial charge in [-0.25, -0.2) is 10.9 Å². The van der Waals surface area contributed by atoms with E-state index in [1.54, 1.807) is 0 Å². The summed E-state index contributed by atoms with van der Waals surface area (Å²) < 4.78 is 19.0. The zero-order chi connectivity index (χ0) is 28.0. The molecule has 4 atom stereocenters. The molecule has 0 aliphatic carbocycles. The van der Waals surface area contributed by atoms with Crippen molar-refractivity contribution in [1.82, 2.24) is 10.9 Å². The molecule has 4 aliphatic rings. The Balaban J connectivity index is 1.07. The number of rotatable bonds is 8. The molecule has 4 aliphatic heterocycles. The SMILES string of the molecule is O=C1CCC(c2ccc(CC3CCCOC3OC3OCCCC3Cc3ccc(C4=NNC(=O)CC4)cc3)cc2)=NN1. The van der Waals surface area contributed by atoms with E-state index in [2.05, 4.69) is 69.6 Å². The molecular weight excluding hydrogens is 520 g/mol. The minimum Gasteiger partial charge on any atom is -0.352 e. The van der Waals surface area contributed by atoms with Crippen molar-refractivity contribution in [2.24, 2.45) is 22.0 Å². The molecule has 41 heavy (non-hydrogen) atoms. The van der Waals surface area contributed by atoms with Gasteiger partial charge in [0.25, 0.3) is 0 Å². The summed E-state index contributed by atoms with van der Waals surface area (Å²) in [5, 5.41) is 8.43. The highest BCUT2D eigenvalue weighted by Gasteiger charge is 2.34. The first-order chi connectivity index (χ1) is 20.1. The second-order valence-electron chi connectivity index (χ2n) is 11.4. The second kappa shape index (κ2) is 13.1. The number of hydrogen-bond acceptors (Lipinski definition) is 7. The topological polar surface area (TPSA) is 111 Å². The summed E-state index contributed by atoms with van der Waals surface area (Å²) in [4.78, 5) is 22.8. The molecule has 0 saturated carbocycles. The van der Waals surface area contributed by atoms with Crippen LogP contribution in [0.3, 0.4) is 0 Å². The molecule has 0 spiro atoms. The van der Waals surface area contributed by atoms with Gasteiger partial charge < -0.3 is 14.2 Å². The van der Waals surface area contributed by atoms with Gasteiger partial charge >= 0.3 is 0 Å². The summed E-state index contributed by atoms with van der Waals surface area (Å²) in [6.07, 6.45) is 7.58. The first-order valence-corrected chi connectivity index (χ1v) is 14.9. The molecule has 2 aromatic rings. The summed E-state index contributed by atoms with van der Waals surface area (Å²) in [6.45, 7) is 1.41. The van der Waals surface area contributed by atoms with Crippen molar-refractivity contribution < 1.29 is 23.8 Å². The van der Waals surface area contributed by atoms with E-state index in [-0.39, 0.29) is 36.2 Å². The van der Waals surface area contributed by atoms with Crippen molar-refractivity contribution in [2.45, 2.75) is 76.8 Å². The first kappa shape index (κ1) is 27.8. The molecule has 4 heterocycles. The highest BCUT2D eigenvalue weighted by molar-refractivity contribution is 6.04. The highest BCUT2D eigenvalue weighted by Crippen LogP contribution is 2.32. The number of amides is 2. The van der Waals surface area contributed by atoms with Gasteiger partial charge in [0, 0.05) is 50.7 Å². The van der Waals surface area contributed by atoms with Crippen molar-refractivity contribution in [1.29, 1.82) is 0 Å². The standard InChI is InChI=1S/C32H38N4O5/c37-29-15-13-27(33-35-29)23-9-5-21(6-10-23)19-25-3-1-17-39-31(25)41-32-26(4-2-18-40-32)20-22-7-11-24(12-8-22)28-14-16-30(38)36-34-28/h5-12,25-26,31-32H,1-4,13-20H2,(H,35,37)(H,36,38). The maximum atomic E-state index is 11.4. The number of carbonyl (C=O) groups excluding carboxylic acids is 2. The molecule has 2 aromatic carbocycles. The zero-order valence-electron chi connectivity index (χ0n) is 23.3.